The van der Waals surface area contributed by atoms with Crippen molar-refractivity contribution in [3.8, 4) is 0 Å². The molecule has 5 N–H and O–H groups in total. The number of nitrogens with two attached hydrogens (primary N) is 1. The zero-order valence-electron chi connectivity index (χ0n) is 11.7. The number of hydrogen-bond donors (Lipinski definition) is 4. The zero-order chi connectivity index (χ0) is 15.7. The highest BCUT2D eigenvalue weighted by Crippen LogP contribution is 2.25. The minimum atomic E-state index is -0.710. The van der Waals surface area contributed by atoms with Gasteiger partial charge in [-0.3, -0.25) is 9.63 Å². The smallest absolute Gasteiger partial charge is 0.256 e. The molecule has 3 rings (SSSR count). The van der Waals surface area contributed by atoms with Gasteiger partial charge < -0.3 is 16.2 Å². The molecule has 10 heteroatoms. The van der Waals surface area contributed by atoms with Gasteiger partial charge in [-0.2, -0.15) is 14.6 Å². The first-order valence-electron chi connectivity index (χ1n) is 6.96. The van der Waals surface area contributed by atoms with Crippen molar-refractivity contribution in [2.24, 2.45) is 5.73 Å². The quantitative estimate of drug-likeness (QED) is 0.602. The number of aromatic nitrogens is 4. The van der Waals surface area contributed by atoms with Crippen molar-refractivity contribution in [3.63, 3.8) is 0 Å². The van der Waals surface area contributed by atoms with E-state index in [4.69, 9.17) is 17.5 Å². The number of rotatable bonds is 4. The number of primary amides is 1. The van der Waals surface area contributed by atoms with Gasteiger partial charge in [0.25, 0.3) is 5.91 Å². The minimum absolute atomic E-state index is 0.0576. The van der Waals surface area contributed by atoms with E-state index in [1.165, 1.54) is 10.8 Å². The van der Waals surface area contributed by atoms with Gasteiger partial charge in [0.2, 0.25) is 5.95 Å². The molecule has 22 heavy (non-hydrogen) atoms. The number of halogens is 1. The number of fused-ring (bicyclic) bond motifs is 1. The molecule has 1 amide bonds. The largest absolute Gasteiger partial charge is 0.391 e. The first-order chi connectivity index (χ1) is 10.6. The SMILES string of the molecule is NC(=O)c1c(NCl)nc(N[C@@H]2CCCC[C@@H]2O)n2ncnc12. The predicted octanol–water partition coefficient (Wildman–Crippen LogP) is 0.504. The molecule has 2 aromatic heterocycles. The maximum absolute atomic E-state index is 11.6. The fourth-order valence-corrected chi connectivity index (χ4v) is 2.85. The van der Waals surface area contributed by atoms with Gasteiger partial charge in [-0.1, -0.05) is 12.8 Å². The predicted molar refractivity (Wildman–Crippen MR) is 80.7 cm³/mol. The summed E-state index contributed by atoms with van der Waals surface area (Å²) >= 11 is 5.63. The number of anilines is 2. The third-order valence-electron chi connectivity index (χ3n) is 3.81. The maximum atomic E-state index is 11.6. The van der Waals surface area contributed by atoms with Crippen molar-refractivity contribution in [2.75, 3.05) is 10.2 Å². The third kappa shape index (κ3) is 2.53. The van der Waals surface area contributed by atoms with Crippen LogP contribution in [-0.4, -0.2) is 42.7 Å². The molecule has 2 atom stereocenters. The highest BCUT2D eigenvalue weighted by atomic mass is 35.5. The normalized spacial score (nSPS) is 21.7. The molecule has 2 aromatic rings. The summed E-state index contributed by atoms with van der Waals surface area (Å²) in [5, 5.41) is 17.3. The summed E-state index contributed by atoms with van der Waals surface area (Å²) in [6.07, 6.45) is 4.41. The Morgan fingerprint density at radius 1 is 1.45 bits per heavy atom. The number of hydrogen-bond acceptors (Lipinski definition) is 7. The monoisotopic (exact) mass is 325 g/mol. The fourth-order valence-electron chi connectivity index (χ4n) is 2.72. The lowest BCUT2D eigenvalue weighted by molar-refractivity contribution is 0.100. The molecule has 2 heterocycles. The Morgan fingerprint density at radius 3 is 2.91 bits per heavy atom. The van der Waals surface area contributed by atoms with E-state index in [0.717, 1.165) is 25.7 Å². The molecule has 0 spiro atoms. The van der Waals surface area contributed by atoms with Crippen LogP contribution in [0.5, 0.6) is 0 Å². The Hall–Kier alpha value is -2.13. The Labute approximate surface area is 131 Å². The number of nitrogens with one attached hydrogen (secondary N) is 2. The topological polar surface area (TPSA) is 130 Å². The van der Waals surface area contributed by atoms with Gasteiger partial charge in [0.1, 0.15) is 11.9 Å². The molecule has 0 aliphatic heterocycles. The van der Waals surface area contributed by atoms with Gasteiger partial charge in [0.15, 0.2) is 11.5 Å². The van der Waals surface area contributed by atoms with Crippen molar-refractivity contribution >= 4 is 35.1 Å². The summed E-state index contributed by atoms with van der Waals surface area (Å²) in [5.41, 5.74) is 5.66. The second kappa shape index (κ2) is 5.93. The molecule has 9 nitrogen and oxygen atoms in total. The molecule has 0 saturated heterocycles. The van der Waals surface area contributed by atoms with E-state index in [0.29, 0.717) is 5.95 Å². The molecule has 0 aromatic carbocycles. The van der Waals surface area contributed by atoms with E-state index >= 15 is 0 Å². The zero-order valence-corrected chi connectivity index (χ0v) is 12.4. The van der Waals surface area contributed by atoms with E-state index in [1.807, 2.05) is 0 Å². The van der Waals surface area contributed by atoms with Crippen molar-refractivity contribution in [1.29, 1.82) is 0 Å². The first-order valence-corrected chi connectivity index (χ1v) is 7.34. The van der Waals surface area contributed by atoms with Crippen LogP contribution < -0.4 is 15.9 Å². The number of nitrogens with zero attached hydrogens (tertiary/aromatic N) is 4. The number of aliphatic hydroxyl groups is 1. The van der Waals surface area contributed by atoms with Gasteiger partial charge in [0.05, 0.1) is 12.1 Å². The molecule has 1 saturated carbocycles. The van der Waals surface area contributed by atoms with Crippen LogP contribution in [0.15, 0.2) is 6.33 Å². The van der Waals surface area contributed by atoms with Crippen LogP contribution in [0.3, 0.4) is 0 Å². The average Bonchev–Trinajstić information content (AvgIpc) is 2.98. The Balaban J connectivity index is 2.04. The van der Waals surface area contributed by atoms with E-state index in [2.05, 4.69) is 25.2 Å². The molecule has 1 fully saturated rings. The second-order valence-electron chi connectivity index (χ2n) is 5.22. The molecule has 0 radical (unpaired) electrons. The summed E-state index contributed by atoms with van der Waals surface area (Å²) in [6.45, 7) is 0. The fraction of sp³-hybridized carbons (Fsp3) is 0.500. The molecule has 1 aliphatic rings. The minimum Gasteiger partial charge on any atom is -0.391 e. The Kier molecular flexibility index (Phi) is 3.99. The first kappa shape index (κ1) is 14.8. The Bertz CT molecular complexity index is 704. The second-order valence-corrected chi connectivity index (χ2v) is 5.40. The lowest BCUT2D eigenvalue weighted by atomic mass is 9.93. The summed E-state index contributed by atoms with van der Waals surface area (Å²) in [5.74, 6) is -0.271. The highest BCUT2D eigenvalue weighted by molar-refractivity contribution is 6.25. The number of aliphatic hydroxyl groups excluding tert-OH is 1. The molecular weight excluding hydrogens is 310 g/mol. The maximum Gasteiger partial charge on any atom is 0.256 e. The lowest BCUT2D eigenvalue weighted by Crippen LogP contribution is -2.37. The molecule has 118 valence electrons. The number of amides is 1. The van der Waals surface area contributed by atoms with Crippen LogP contribution in [0.1, 0.15) is 36.0 Å². The van der Waals surface area contributed by atoms with Gasteiger partial charge in [-0.25, -0.2) is 4.98 Å². The molecule has 1 aliphatic carbocycles. The summed E-state index contributed by atoms with van der Waals surface area (Å²) in [4.78, 5) is 22.2. The highest BCUT2D eigenvalue weighted by Gasteiger charge is 2.26. The number of carbonyl (C=O) groups is 1. The van der Waals surface area contributed by atoms with Gasteiger partial charge in [-0.15, -0.1) is 0 Å². The van der Waals surface area contributed by atoms with Crippen molar-refractivity contribution in [1.82, 2.24) is 19.6 Å². The molecule has 0 unspecified atom stereocenters. The lowest BCUT2D eigenvalue weighted by Gasteiger charge is -2.28. The van der Waals surface area contributed by atoms with E-state index in [9.17, 15) is 9.90 Å². The summed E-state index contributed by atoms with van der Waals surface area (Å²) in [6, 6.07) is -0.142. The number of carbonyl (C=O) groups excluding carboxylic acids is 1. The van der Waals surface area contributed by atoms with Crippen LogP contribution in [-0.2, 0) is 0 Å². The van der Waals surface area contributed by atoms with Crippen LogP contribution >= 0.6 is 11.8 Å². The van der Waals surface area contributed by atoms with Gasteiger partial charge in [0, 0.05) is 11.8 Å². The van der Waals surface area contributed by atoms with Crippen molar-refractivity contribution in [3.05, 3.63) is 11.9 Å². The average molecular weight is 326 g/mol. The van der Waals surface area contributed by atoms with Gasteiger partial charge in [-0.05, 0) is 12.8 Å². The van der Waals surface area contributed by atoms with Crippen LogP contribution in [0.25, 0.3) is 5.65 Å². The van der Waals surface area contributed by atoms with Gasteiger partial charge >= 0.3 is 0 Å². The standard InChI is InChI=1S/C12H16ClN7O2/c13-19-10-8(9(14)22)11-15-5-16-20(11)12(18-10)17-6-3-1-2-4-7(6)21/h5-7,19,21H,1-4H2,(H2,14,22)(H,17,18)/t6-,7+/m1/s1. The summed E-state index contributed by atoms with van der Waals surface area (Å²) in [7, 11) is 0. The van der Waals surface area contributed by atoms with E-state index < -0.39 is 12.0 Å². The molecule has 0 bridgehead atoms. The van der Waals surface area contributed by atoms with Crippen molar-refractivity contribution < 1.29 is 9.90 Å². The van der Waals surface area contributed by atoms with E-state index in [-0.39, 0.29) is 23.1 Å². The molecular formula is C12H16ClN7O2. The van der Waals surface area contributed by atoms with E-state index in [1.54, 1.807) is 0 Å². The van der Waals surface area contributed by atoms with Crippen LogP contribution in [0.2, 0.25) is 0 Å². The third-order valence-corrected chi connectivity index (χ3v) is 3.99. The van der Waals surface area contributed by atoms with Crippen LogP contribution in [0.4, 0.5) is 11.8 Å². The Morgan fingerprint density at radius 2 is 2.23 bits per heavy atom. The van der Waals surface area contributed by atoms with Crippen molar-refractivity contribution in [2.45, 2.75) is 37.8 Å². The summed E-state index contributed by atoms with van der Waals surface area (Å²) < 4.78 is 1.37. The van der Waals surface area contributed by atoms with Crippen LogP contribution in [0, 0.1) is 0 Å².